The first-order valence-electron chi connectivity index (χ1n) is 6.37. The number of carbonyl (C=O) groups is 1. The maximum absolute atomic E-state index is 11.9. The number of nitrogens with zero attached hydrogens (tertiary/aromatic N) is 1. The Balaban J connectivity index is 3.99. The SMILES string of the molecule is CCN(CCOC(C)C)C(=O)CCC(C)S(=O)O. The van der Waals surface area contributed by atoms with Crippen LogP contribution in [-0.4, -0.2) is 50.6 Å². The molecule has 0 saturated heterocycles. The number of likely N-dealkylation sites (N-methyl/N-ethyl adjacent to an activating group) is 1. The van der Waals surface area contributed by atoms with E-state index in [2.05, 4.69) is 0 Å². The second kappa shape index (κ2) is 9.47. The van der Waals surface area contributed by atoms with Crippen LogP contribution in [0.2, 0.25) is 0 Å². The molecule has 1 amide bonds. The van der Waals surface area contributed by atoms with Crippen molar-refractivity contribution in [2.24, 2.45) is 0 Å². The van der Waals surface area contributed by atoms with Gasteiger partial charge in [-0.2, -0.15) is 0 Å². The topological polar surface area (TPSA) is 66.8 Å². The number of hydrogen-bond acceptors (Lipinski definition) is 3. The van der Waals surface area contributed by atoms with Crippen LogP contribution in [0.25, 0.3) is 0 Å². The monoisotopic (exact) mass is 279 g/mol. The van der Waals surface area contributed by atoms with Crippen molar-refractivity contribution in [1.82, 2.24) is 4.90 Å². The van der Waals surface area contributed by atoms with Crippen LogP contribution < -0.4 is 0 Å². The second-order valence-electron chi connectivity index (χ2n) is 4.52. The van der Waals surface area contributed by atoms with Gasteiger partial charge in [-0.05, 0) is 34.1 Å². The Morgan fingerprint density at radius 1 is 1.39 bits per heavy atom. The van der Waals surface area contributed by atoms with Gasteiger partial charge in [-0.25, -0.2) is 4.21 Å². The van der Waals surface area contributed by atoms with Crippen molar-refractivity contribution in [2.45, 2.75) is 51.9 Å². The van der Waals surface area contributed by atoms with Gasteiger partial charge in [0.05, 0.1) is 18.0 Å². The third kappa shape index (κ3) is 7.79. The van der Waals surface area contributed by atoms with Gasteiger partial charge >= 0.3 is 0 Å². The first kappa shape index (κ1) is 17.5. The lowest BCUT2D eigenvalue weighted by Gasteiger charge is -2.22. The molecule has 0 fully saturated rings. The molecule has 0 aliphatic heterocycles. The van der Waals surface area contributed by atoms with E-state index in [9.17, 15) is 9.00 Å². The Morgan fingerprint density at radius 2 is 2.00 bits per heavy atom. The Kier molecular flexibility index (Phi) is 9.23. The molecule has 18 heavy (non-hydrogen) atoms. The average Bonchev–Trinajstić information content (AvgIpc) is 2.30. The number of carbonyl (C=O) groups excluding carboxylic acids is 1. The van der Waals surface area contributed by atoms with E-state index >= 15 is 0 Å². The van der Waals surface area contributed by atoms with E-state index in [1.54, 1.807) is 11.8 Å². The highest BCUT2D eigenvalue weighted by atomic mass is 32.2. The van der Waals surface area contributed by atoms with Crippen LogP contribution in [0.3, 0.4) is 0 Å². The minimum Gasteiger partial charge on any atom is -0.377 e. The fourth-order valence-electron chi connectivity index (χ4n) is 1.44. The molecule has 0 aliphatic carbocycles. The van der Waals surface area contributed by atoms with E-state index in [0.29, 0.717) is 32.5 Å². The van der Waals surface area contributed by atoms with E-state index < -0.39 is 11.1 Å². The molecule has 5 nitrogen and oxygen atoms in total. The van der Waals surface area contributed by atoms with Crippen LogP contribution in [0, 0.1) is 0 Å². The Labute approximate surface area is 112 Å². The summed E-state index contributed by atoms with van der Waals surface area (Å²) in [5.74, 6) is 0.0159. The molecule has 2 atom stereocenters. The minimum absolute atomic E-state index is 0.0159. The largest absolute Gasteiger partial charge is 0.377 e. The van der Waals surface area contributed by atoms with Crippen molar-refractivity contribution >= 4 is 17.0 Å². The fraction of sp³-hybridized carbons (Fsp3) is 0.917. The maximum Gasteiger partial charge on any atom is 0.222 e. The van der Waals surface area contributed by atoms with Crippen LogP contribution in [0.15, 0.2) is 0 Å². The summed E-state index contributed by atoms with van der Waals surface area (Å²) in [4.78, 5) is 13.6. The van der Waals surface area contributed by atoms with Gasteiger partial charge in [-0.3, -0.25) is 4.79 Å². The van der Waals surface area contributed by atoms with Crippen molar-refractivity contribution in [2.75, 3.05) is 19.7 Å². The zero-order chi connectivity index (χ0) is 14.1. The maximum atomic E-state index is 11.9. The van der Waals surface area contributed by atoms with Crippen LogP contribution in [-0.2, 0) is 20.6 Å². The zero-order valence-electron chi connectivity index (χ0n) is 11.7. The Morgan fingerprint density at radius 3 is 2.44 bits per heavy atom. The minimum atomic E-state index is -1.85. The van der Waals surface area contributed by atoms with Gasteiger partial charge in [0.1, 0.15) is 0 Å². The third-order valence-corrected chi connectivity index (χ3v) is 3.58. The molecule has 0 radical (unpaired) electrons. The summed E-state index contributed by atoms with van der Waals surface area (Å²) in [6, 6.07) is 0. The molecule has 0 rings (SSSR count). The molecule has 108 valence electrons. The van der Waals surface area contributed by atoms with Crippen molar-refractivity contribution in [1.29, 1.82) is 0 Å². The van der Waals surface area contributed by atoms with Gasteiger partial charge in [0.15, 0.2) is 11.1 Å². The molecule has 0 spiro atoms. The number of amides is 1. The highest BCUT2D eigenvalue weighted by molar-refractivity contribution is 7.79. The highest BCUT2D eigenvalue weighted by Gasteiger charge is 2.15. The highest BCUT2D eigenvalue weighted by Crippen LogP contribution is 2.06. The van der Waals surface area contributed by atoms with Crippen molar-refractivity contribution in [3.63, 3.8) is 0 Å². The van der Waals surface area contributed by atoms with E-state index in [0.717, 1.165) is 0 Å². The summed E-state index contributed by atoms with van der Waals surface area (Å²) in [5, 5.41) is -0.362. The van der Waals surface area contributed by atoms with Crippen molar-refractivity contribution < 1.29 is 18.3 Å². The molecule has 0 bridgehead atoms. The number of ether oxygens (including phenoxy) is 1. The molecule has 0 saturated carbocycles. The summed E-state index contributed by atoms with van der Waals surface area (Å²) in [6.45, 7) is 9.23. The molecule has 0 aromatic carbocycles. The Hall–Kier alpha value is -0.460. The first-order chi connectivity index (χ1) is 8.38. The number of rotatable bonds is 9. The quantitative estimate of drug-likeness (QED) is 0.652. The molecule has 2 unspecified atom stereocenters. The predicted octanol–water partition coefficient (Wildman–Crippen LogP) is 1.65. The van der Waals surface area contributed by atoms with Gasteiger partial charge in [0.2, 0.25) is 5.91 Å². The molecule has 0 aromatic heterocycles. The summed E-state index contributed by atoms with van der Waals surface area (Å²) < 4.78 is 25.0. The first-order valence-corrected chi connectivity index (χ1v) is 7.54. The average molecular weight is 279 g/mol. The van der Waals surface area contributed by atoms with Gasteiger partial charge in [-0.1, -0.05) is 0 Å². The molecular formula is C12H25NO4S. The summed E-state index contributed by atoms with van der Waals surface area (Å²) in [7, 11) is 0. The van der Waals surface area contributed by atoms with E-state index in [1.807, 2.05) is 20.8 Å². The molecular weight excluding hydrogens is 254 g/mol. The van der Waals surface area contributed by atoms with Gasteiger partial charge in [0, 0.05) is 19.5 Å². The Bertz CT molecular complexity index is 271. The molecule has 1 N–H and O–H groups in total. The smallest absolute Gasteiger partial charge is 0.222 e. The van der Waals surface area contributed by atoms with Gasteiger partial charge < -0.3 is 14.2 Å². The summed E-state index contributed by atoms with van der Waals surface area (Å²) in [5.41, 5.74) is 0. The van der Waals surface area contributed by atoms with E-state index in [1.165, 1.54) is 0 Å². The lowest BCUT2D eigenvalue weighted by molar-refractivity contribution is -0.132. The molecule has 0 heterocycles. The fourth-order valence-corrected chi connectivity index (χ4v) is 1.76. The van der Waals surface area contributed by atoms with Crippen LogP contribution >= 0.6 is 0 Å². The third-order valence-electron chi connectivity index (χ3n) is 2.66. The molecule has 6 heteroatoms. The van der Waals surface area contributed by atoms with E-state index in [-0.39, 0.29) is 17.3 Å². The normalized spacial score (nSPS) is 14.6. The zero-order valence-corrected chi connectivity index (χ0v) is 12.5. The summed E-state index contributed by atoms with van der Waals surface area (Å²) >= 11 is -1.85. The van der Waals surface area contributed by atoms with Gasteiger partial charge in [0.25, 0.3) is 0 Å². The number of hydrogen-bond donors (Lipinski definition) is 1. The second-order valence-corrected chi connectivity index (χ2v) is 5.88. The van der Waals surface area contributed by atoms with Crippen LogP contribution in [0.5, 0.6) is 0 Å². The predicted molar refractivity (Wildman–Crippen MR) is 72.8 cm³/mol. The van der Waals surface area contributed by atoms with Crippen molar-refractivity contribution in [3.8, 4) is 0 Å². The van der Waals surface area contributed by atoms with Gasteiger partial charge in [-0.15, -0.1) is 0 Å². The molecule has 0 aromatic rings. The lowest BCUT2D eigenvalue weighted by atomic mass is 10.2. The lowest BCUT2D eigenvalue weighted by Crippen LogP contribution is -2.34. The van der Waals surface area contributed by atoms with Crippen LogP contribution in [0.1, 0.15) is 40.5 Å². The van der Waals surface area contributed by atoms with E-state index in [4.69, 9.17) is 9.29 Å². The standard InChI is InChI=1S/C12H25NO4S/c1-5-13(8-9-17-10(2)3)12(14)7-6-11(4)18(15)16/h10-11H,5-9H2,1-4H3,(H,15,16). The van der Waals surface area contributed by atoms with Crippen molar-refractivity contribution in [3.05, 3.63) is 0 Å². The molecule has 0 aliphatic rings. The summed E-state index contributed by atoms with van der Waals surface area (Å²) in [6.07, 6.45) is 0.905. The van der Waals surface area contributed by atoms with Crippen LogP contribution in [0.4, 0.5) is 0 Å².